The third kappa shape index (κ3) is 32.7. The fraction of sp³-hybridized carbons (Fsp3) is 0.333. The van der Waals surface area contributed by atoms with E-state index in [1.54, 1.807) is 0 Å². The molecule has 0 saturated carbocycles. The molecule has 0 aliphatic heterocycles. The Bertz CT molecular complexity index is 198. The molecule has 0 rings (SSSR count). The van der Waals surface area contributed by atoms with Crippen molar-refractivity contribution in [2.24, 2.45) is 0 Å². The second kappa shape index (κ2) is 10.5. The molecule has 1 radical (unpaired) electrons. The van der Waals surface area contributed by atoms with Gasteiger partial charge in [0.15, 0.2) is 0 Å². The Kier molecular flexibility index (Phi) is 13.3. The summed E-state index contributed by atoms with van der Waals surface area (Å²) in [7, 11) is 0. The van der Waals surface area contributed by atoms with Crippen LogP contribution in [0.15, 0.2) is 0 Å². The molecule has 0 aromatic rings. The summed E-state index contributed by atoms with van der Waals surface area (Å²) in [6, 6.07) is 0. The Morgan fingerprint density at radius 3 is 0.733 bits per heavy atom. The first-order valence-corrected chi connectivity index (χ1v) is 3.13. The van der Waals surface area contributed by atoms with Gasteiger partial charge in [0.2, 0.25) is 0 Å². The van der Waals surface area contributed by atoms with E-state index in [1.165, 1.54) is 0 Å². The monoisotopic (exact) mass is 263 g/mol. The van der Waals surface area contributed by atoms with Crippen LogP contribution in [0, 0.1) is 0 Å². The SMILES string of the molecule is O=C(O)CC(=O)O.O=C(O)CC(=O)O.[Mn]. The van der Waals surface area contributed by atoms with Crippen molar-refractivity contribution in [2.45, 2.75) is 12.8 Å². The minimum absolute atomic E-state index is 0. The zero-order valence-corrected chi connectivity index (χ0v) is 8.39. The topological polar surface area (TPSA) is 149 Å². The van der Waals surface area contributed by atoms with E-state index in [-0.39, 0.29) is 17.1 Å². The van der Waals surface area contributed by atoms with Gasteiger partial charge in [0.25, 0.3) is 0 Å². The third-order valence-corrected chi connectivity index (χ3v) is 0.605. The Morgan fingerprint density at radius 1 is 0.600 bits per heavy atom. The van der Waals surface area contributed by atoms with E-state index < -0.39 is 36.7 Å². The molecule has 9 heteroatoms. The Hall–Kier alpha value is -1.60. The number of carboxylic acid groups (broad SMARTS) is 4. The summed E-state index contributed by atoms with van der Waals surface area (Å²) in [5, 5.41) is 30.8. The van der Waals surface area contributed by atoms with E-state index in [0.29, 0.717) is 0 Å². The van der Waals surface area contributed by atoms with Gasteiger partial charge in [-0.3, -0.25) is 19.2 Å². The van der Waals surface area contributed by atoms with Crippen molar-refractivity contribution in [2.75, 3.05) is 0 Å². The van der Waals surface area contributed by atoms with Crippen molar-refractivity contribution in [1.29, 1.82) is 0 Å². The van der Waals surface area contributed by atoms with Crippen LogP contribution < -0.4 is 0 Å². The fourth-order valence-electron chi connectivity index (χ4n) is 0.259. The van der Waals surface area contributed by atoms with E-state index in [0.717, 1.165) is 0 Å². The van der Waals surface area contributed by atoms with Crippen molar-refractivity contribution in [3.63, 3.8) is 0 Å². The third-order valence-electron chi connectivity index (χ3n) is 0.605. The van der Waals surface area contributed by atoms with E-state index >= 15 is 0 Å². The van der Waals surface area contributed by atoms with Crippen LogP contribution in [0.5, 0.6) is 0 Å². The molecule has 0 saturated heterocycles. The quantitative estimate of drug-likeness (QED) is 0.376. The number of aliphatic carboxylic acids is 4. The van der Waals surface area contributed by atoms with Gasteiger partial charge >= 0.3 is 23.9 Å². The Labute approximate surface area is 94.0 Å². The molecule has 0 aromatic carbocycles. The molecule has 0 aliphatic carbocycles. The van der Waals surface area contributed by atoms with Gasteiger partial charge in [0.05, 0.1) is 0 Å². The molecule has 87 valence electrons. The second-order valence-corrected chi connectivity index (χ2v) is 1.93. The maximum Gasteiger partial charge on any atom is 0.314 e. The van der Waals surface area contributed by atoms with Gasteiger partial charge < -0.3 is 20.4 Å². The number of carbonyl (C=O) groups is 4. The van der Waals surface area contributed by atoms with Gasteiger partial charge in [0.1, 0.15) is 12.8 Å². The van der Waals surface area contributed by atoms with Crippen molar-refractivity contribution < 1.29 is 56.7 Å². The minimum atomic E-state index is -1.31. The summed E-state index contributed by atoms with van der Waals surface area (Å²) in [5.74, 6) is -5.25. The van der Waals surface area contributed by atoms with Gasteiger partial charge in [-0.2, -0.15) is 0 Å². The summed E-state index contributed by atoms with van der Waals surface area (Å²) in [6.07, 6.45) is -1.61. The van der Waals surface area contributed by atoms with Crippen LogP contribution >= 0.6 is 0 Å². The first-order valence-electron chi connectivity index (χ1n) is 3.13. The number of rotatable bonds is 4. The molecule has 0 spiro atoms. The standard InChI is InChI=1S/2C3H4O4.Mn/c2*4-2(5)1-3(6)7;/h2*1H2,(H,4,5)(H,6,7);. The van der Waals surface area contributed by atoms with Crippen LogP contribution in [0.4, 0.5) is 0 Å². The van der Waals surface area contributed by atoms with Crippen molar-refractivity contribution in [3.05, 3.63) is 0 Å². The molecule has 4 N–H and O–H groups in total. The first kappa shape index (κ1) is 19.0. The molecule has 0 fully saturated rings. The van der Waals surface area contributed by atoms with Crippen molar-refractivity contribution in [3.8, 4) is 0 Å². The summed E-state index contributed by atoms with van der Waals surface area (Å²) < 4.78 is 0. The average molecular weight is 263 g/mol. The molecule has 8 nitrogen and oxygen atoms in total. The summed E-state index contributed by atoms with van der Waals surface area (Å²) in [6.45, 7) is 0. The molecule has 0 atom stereocenters. The fourth-order valence-corrected chi connectivity index (χ4v) is 0.259. The van der Waals surface area contributed by atoms with Crippen molar-refractivity contribution in [1.82, 2.24) is 0 Å². The number of hydrogen-bond donors (Lipinski definition) is 4. The largest absolute Gasteiger partial charge is 0.481 e. The predicted molar refractivity (Wildman–Crippen MR) is 39.8 cm³/mol. The van der Waals surface area contributed by atoms with E-state index in [9.17, 15) is 19.2 Å². The molecule has 0 aromatic heterocycles. The summed E-state index contributed by atoms with van der Waals surface area (Å²) in [4.78, 5) is 37.7. The van der Waals surface area contributed by atoms with Crippen LogP contribution in [0.1, 0.15) is 12.8 Å². The van der Waals surface area contributed by atoms with Crippen LogP contribution in [-0.4, -0.2) is 44.3 Å². The van der Waals surface area contributed by atoms with Gasteiger partial charge in [-0.05, 0) is 0 Å². The number of hydrogen-bond acceptors (Lipinski definition) is 4. The molecule has 0 unspecified atom stereocenters. The van der Waals surface area contributed by atoms with Gasteiger partial charge in [-0.15, -0.1) is 0 Å². The van der Waals surface area contributed by atoms with Crippen LogP contribution in [0.3, 0.4) is 0 Å². The molecule has 0 amide bonds. The normalized spacial score (nSPS) is 7.47. The zero-order valence-electron chi connectivity index (χ0n) is 7.21. The second-order valence-electron chi connectivity index (χ2n) is 1.93. The number of carboxylic acids is 4. The smallest absolute Gasteiger partial charge is 0.314 e. The maximum atomic E-state index is 9.43. The Morgan fingerprint density at radius 2 is 0.733 bits per heavy atom. The minimum Gasteiger partial charge on any atom is -0.481 e. The Balaban J connectivity index is -0.000000180. The van der Waals surface area contributed by atoms with E-state index in [2.05, 4.69) is 0 Å². The summed E-state index contributed by atoms with van der Waals surface area (Å²) >= 11 is 0. The van der Waals surface area contributed by atoms with Crippen LogP contribution in [0.2, 0.25) is 0 Å². The average Bonchev–Trinajstić information content (AvgIpc) is 1.79. The van der Waals surface area contributed by atoms with Crippen molar-refractivity contribution >= 4 is 23.9 Å². The molecule has 15 heavy (non-hydrogen) atoms. The maximum absolute atomic E-state index is 9.43. The molecular formula is C6H8MnO8. The van der Waals surface area contributed by atoms with Gasteiger partial charge in [0, 0.05) is 17.1 Å². The molecule has 0 aliphatic rings. The van der Waals surface area contributed by atoms with E-state index in [1.807, 2.05) is 0 Å². The zero-order chi connectivity index (χ0) is 11.7. The van der Waals surface area contributed by atoms with Crippen LogP contribution in [0.25, 0.3) is 0 Å². The predicted octanol–water partition coefficient (Wildman–Crippen LogP) is -0.911. The van der Waals surface area contributed by atoms with E-state index in [4.69, 9.17) is 20.4 Å². The molecule has 0 bridgehead atoms. The van der Waals surface area contributed by atoms with Gasteiger partial charge in [-0.25, -0.2) is 0 Å². The molecule has 0 heterocycles. The van der Waals surface area contributed by atoms with Gasteiger partial charge in [-0.1, -0.05) is 0 Å². The summed E-state index contributed by atoms with van der Waals surface area (Å²) in [5.41, 5.74) is 0. The van der Waals surface area contributed by atoms with Crippen LogP contribution in [-0.2, 0) is 36.2 Å². The molecular weight excluding hydrogens is 255 g/mol. The first-order chi connectivity index (χ1) is 6.25.